The summed E-state index contributed by atoms with van der Waals surface area (Å²) in [5.41, 5.74) is -0.646. The number of likely N-dealkylation sites (tertiary alicyclic amines) is 1. The molecule has 19 heavy (non-hydrogen) atoms. The van der Waals surface area contributed by atoms with E-state index < -0.39 is 11.4 Å². The van der Waals surface area contributed by atoms with Gasteiger partial charge in [0.1, 0.15) is 0 Å². The number of nitrogens with one attached hydrogen (secondary N) is 1. The number of carbonyl (C=O) groups excluding carboxylic acids is 1. The highest BCUT2D eigenvalue weighted by atomic mass is 16.4. The number of nitrogens with zero attached hydrogens (tertiary/aromatic N) is 1. The van der Waals surface area contributed by atoms with Crippen molar-refractivity contribution >= 4 is 11.9 Å². The van der Waals surface area contributed by atoms with Gasteiger partial charge in [0, 0.05) is 13.1 Å². The molecule has 1 fully saturated rings. The van der Waals surface area contributed by atoms with Crippen LogP contribution in [0, 0.1) is 11.3 Å². The van der Waals surface area contributed by atoms with Crippen molar-refractivity contribution in [2.75, 3.05) is 26.2 Å². The van der Waals surface area contributed by atoms with Gasteiger partial charge in [-0.05, 0) is 25.3 Å². The predicted octanol–water partition coefficient (Wildman–Crippen LogP) is 1.34. The Morgan fingerprint density at radius 2 is 2.11 bits per heavy atom. The number of aliphatic carboxylic acids is 1. The van der Waals surface area contributed by atoms with Crippen LogP contribution in [-0.2, 0) is 9.59 Å². The minimum atomic E-state index is -0.723. The molecule has 1 atom stereocenters. The molecule has 1 heterocycles. The van der Waals surface area contributed by atoms with Gasteiger partial charge in [0.2, 0.25) is 5.91 Å². The van der Waals surface area contributed by atoms with Crippen molar-refractivity contribution in [3.63, 3.8) is 0 Å². The van der Waals surface area contributed by atoms with E-state index in [0.29, 0.717) is 44.9 Å². The van der Waals surface area contributed by atoms with E-state index in [1.165, 1.54) is 0 Å². The highest BCUT2D eigenvalue weighted by molar-refractivity contribution is 5.79. The van der Waals surface area contributed by atoms with E-state index in [4.69, 9.17) is 0 Å². The second-order valence-corrected chi connectivity index (χ2v) is 5.99. The Morgan fingerprint density at radius 3 is 2.63 bits per heavy atom. The van der Waals surface area contributed by atoms with E-state index >= 15 is 0 Å². The van der Waals surface area contributed by atoms with Crippen LogP contribution in [0.2, 0.25) is 0 Å². The van der Waals surface area contributed by atoms with E-state index in [2.05, 4.69) is 5.32 Å². The molecule has 1 amide bonds. The van der Waals surface area contributed by atoms with Crippen LogP contribution in [-0.4, -0.2) is 48.1 Å². The number of hydrogen-bond donors (Lipinski definition) is 2. The Balaban J connectivity index is 2.46. The average Bonchev–Trinajstić information content (AvgIpc) is 2.71. The van der Waals surface area contributed by atoms with E-state index in [1.807, 2.05) is 25.7 Å². The third-order valence-electron chi connectivity index (χ3n) is 3.69. The summed E-state index contributed by atoms with van der Waals surface area (Å²) in [6.07, 6.45) is 2.19. The highest BCUT2D eigenvalue weighted by Gasteiger charge is 2.44. The summed E-state index contributed by atoms with van der Waals surface area (Å²) in [6, 6.07) is 0. The summed E-state index contributed by atoms with van der Waals surface area (Å²) < 4.78 is 0. The molecule has 0 spiro atoms. The normalized spacial score (nSPS) is 23.8. The fraction of sp³-hybridized carbons (Fsp3) is 0.857. The summed E-state index contributed by atoms with van der Waals surface area (Å²) in [7, 11) is 0. The molecule has 0 saturated carbocycles. The molecule has 1 aliphatic rings. The Hall–Kier alpha value is -1.10. The van der Waals surface area contributed by atoms with Gasteiger partial charge in [-0.3, -0.25) is 14.5 Å². The number of carbonyl (C=O) groups is 2. The van der Waals surface area contributed by atoms with Crippen LogP contribution >= 0.6 is 0 Å². The SMILES string of the molecule is CCCC1(C(=O)O)CCN(CC(=O)NCC(C)C)C1. The van der Waals surface area contributed by atoms with Crippen LogP contribution in [0.15, 0.2) is 0 Å². The first-order valence-electron chi connectivity index (χ1n) is 7.12. The first-order chi connectivity index (χ1) is 8.89. The lowest BCUT2D eigenvalue weighted by Gasteiger charge is -2.24. The van der Waals surface area contributed by atoms with Crippen molar-refractivity contribution in [3.8, 4) is 0 Å². The van der Waals surface area contributed by atoms with Gasteiger partial charge < -0.3 is 10.4 Å². The largest absolute Gasteiger partial charge is 0.481 e. The lowest BCUT2D eigenvalue weighted by Crippen LogP contribution is -2.40. The van der Waals surface area contributed by atoms with Gasteiger partial charge in [0.15, 0.2) is 0 Å². The molecule has 1 saturated heterocycles. The molecule has 5 heteroatoms. The standard InChI is InChI=1S/C14H26N2O3/c1-4-5-14(13(18)19)6-7-16(10-14)9-12(17)15-8-11(2)3/h11H,4-10H2,1-3H3,(H,15,17)(H,18,19). The molecule has 0 aromatic heterocycles. The van der Waals surface area contributed by atoms with Gasteiger partial charge in [-0.2, -0.15) is 0 Å². The van der Waals surface area contributed by atoms with Crippen molar-refractivity contribution in [1.82, 2.24) is 10.2 Å². The maximum atomic E-state index is 11.7. The quantitative estimate of drug-likeness (QED) is 0.732. The summed E-state index contributed by atoms with van der Waals surface area (Å²) >= 11 is 0. The van der Waals surface area contributed by atoms with Gasteiger partial charge in [0.25, 0.3) is 0 Å². The second kappa shape index (κ2) is 6.89. The Labute approximate surface area is 115 Å². The maximum Gasteiger partial charge on any atom is 0.310 e. The molecule has 5 nitrogen and oxygen atoms in total. The second-order valence-electron chi connectivity index (χ2n) is 5.99. The van der Waals surface area contributed by atoms with Gasteiger partial charge in [-0.1, -0.05) is 27.2 Å². The molecule has 0 bridgehead atoms. The van der Waals surface area contributed by atoms with Crippen LogP contribution in [0.4, 0.5) is 0 Å². The molecule has 110 valence electrons. The van der Waals surface area contributed by atoms with Crippen LogP contribution in [0.1, 0.15) is 40.0 Å². The van der Waals surface area contributed by atoms with Crippen LogP contribution < -0.4 is 5.32 Å². The molecule has 1 aliphatic heterocycles. The number of hydrogen-bond acceptors (Lipinski definition) is 3. The summed E-state index contributed by atoms with van der Waals surface area (Å²) in [6.45, 7) is 8.27. The first-order valence-corrected chi connectivity index (χ1v) is 7.12. The molecule has 0 aromatic carbocycles. The van der Waals surface area contributed by atoms with E-state index in [-0.39, 0.29) is 5.91 Å². The zero-order valence-corrected chi connectivity index (χ0v) is 12.2. The number of carboxylic acids is 1. The third-order valence-corrected chi connectivity index (χ3v) is 3.69. The molecule has 1 rings (SSSR count). The Bertz CT molecular complexity index is 331. The highest BCUT2D eigenvalue weighted by Crippen LogP contribution is 2.35. The van der Waals surface area contributed by atoms with Gasteiger partial charge in [0.05, 0.1) is 12.0 Å². The van der Waals surface area contributed by atoms with Gasteiger partial charge in [-0.25, -0.2) is 0 Å². The first kappa shape index (κ1) is 16.0. The van der Waals surface area contributed by atoms with Crippen molar-refractivity contribution in [2.24, 2.45) is 11.3 Å². The number of rotatable bonds is 7. The smallest absolute Gasteiger partial charge is 0.310 e. The zero-order valence-electron chi connectivity index (χ0n) is 12.2. The van der Waals surface area contributed by atoms with E-state index in [9.17, 15) is 14.7 Å². The molecule has 0 aromatic rings. The Kier molecular flexibility index (Phi) is 5.79. The van der Waals surface area contributed by atoms with E-state index in [1.54, 1.807) is 0 Å². The molecular weight excluding hydrogens is 244 g/mol. The minimum absolute atomic E-state index is 0.00797. The van der Waals surface area contributed by atoms with Crippen LogP contribution in [0.3, 0.4) is 0 Å². The Morgan fingerprint density at radius 1 is 1.42 bits per heavy atom. The fourth-order valence-corrected chi connectivity index (χ4v) is 2.63. The summed E-state index contributed by atoms with van der Waals surface area (Å²) in [5.74, 6) is -0.299. The molecule has 2 N–H and O–H groups in total. The third kappa shape index (κ3) is 4.49. The maximum absolute atomic E-state index is 11.7. The minimum Gasteiger partial charge on any atom is -0.481 e. The summed E-state index contributed by atoms with van der Waals surface area (Å²) in [5, 5.41) is 12.3. The number of carboxylic acid groups (broad SMARTS) is 1. The van der Waals surface area contributed by atoms with Crippen molar-refractivity contribution in [2.45, 2.75) is 40.0 Å². The monoisotopic (exact) mass is 270 g/mol. The lowest BCUT2D eigenvalue weighted by atomic mass is 9.83. The van der Waals surface area contributed by atoms with E-state index in [0.717, 1.165) is 6.42 Å². The molecular formula is C14H26N2O3. The van der Waals surface area contributed by atoms with Crippen molar-refractivity contribution < 1.29 is 14.7 Å². The van der Waals surface area contributed by atoms with Gasteiger partial charge >= 0.3 is 5.97 Å². The fourth-order valence-electron chi connectivity index (χ4n) is 2.63. The van der Waals surface area contributed by atoms with Crippen LogP contribution in [0.25, 0.3) is 0 Å². The molecule has 0 radical (unpaired) electrons. The average molecular weight is 270 g/mol. The zero-order chi connectivity index (χ0) is 14.5. The van der Waals surface area contributed by atoms with Gasteiger partial charge in [-0.15, -0.1) is 0 Å². The lowest BCUT2D eigenvalue weighted by molar-refractivity contribution is -0.148. The predicted molar refractivity (Wildman–Crippen MR) is 73.9 cm³/mol. The number of amides is 1. The topological polar surface area (TPSA) is 69.6 Å². The van der Waals surface area contributed by atoms with Crippen molar-refractivity contribution in [3.05, 3.63) is 0 Å². The summed E-state index contributed by atoms with van der Waals surface area (Å²) in [4.78, 5) is 25.1. The molecule has 1 unspecified atom stereocenters. The van der Waals surface area contributed by atoms with Crippen LogP contribution in [0.5, 0.6) is 0 Å². The van der Waals surface area contributed by atoms with Crippen molar-refractivity contribution in [1.29, 1.82) is 0 Å². The molecule has 0 aliphatic carbocycles.